The van der Waals surface area contributed by atoms with Crippen LogP contribution in [0.5, 0.6) is 11.5 Å². The third kappa shape index (κ3) is 3.69. The predicted octanol–water partition coefficient (Wildman–Crippen LogP) is 5.01. The standard InChI is InChI=1S/C22H18FN7OS/c1-12-6-13(28-21-19-17(25-10-26-21)9-24-22(29-19)32-3)4-5-18(12)31-14-7-15(23)20-16(8-14)27-11-30(20)2/h4-11H,1-3H3,(H,25,26,28). The van der Waals surface area contributed by atoms with Gasteiger partial charge in [-0.2, -0.15) is 0 Å². The minimum Gasteiger partial charge on any atom is -0.457 e. The number of hydrogen-bond acceptors (Lipinski definition) is 8. The summed E-state index contributed by atoms with van der Waals surface area (Å²) in [4.78, 5) is 21.5. The predicted molar refractivity (Wildman–Crippen MR) is 122 cm³/mol. The lowest BCUT2D eigenvalue weighted by atomic mass is 10.2. The average Bonchev–Trinajstić information content (AvgIpc) is 3.16. The molecule has 0 amide bonds. The number of imidazole rings is 1. The second kappa shape index (κ2) is 8.04. The Hall–Kier alpha value is -3.79. The Bertz CT molecular complexity index is 1470. The topological polar surface area (TPSA) is 90.6 Å². The molecule has 5 aromatic rings. The number of aryl methyl sites for hydroxylation is 2. The van der Waals surface area contributed by atoms with Gasteiger partial charge in [-0.3, -0.25) is 0 Å². The zero-order valence-electron chi connectivity index (χ0n) is 17.5. The van der Waals surface area contributed by atoms with Crippen molar-refractivity contribution in [1.82, 2.24) is 29.5 Å². The molecule has 0 radical (unpaired) electrons. The summed E-state index contributed by atoms with van der Waals surface area (Å²) in [6.07, 6.45) is 6.64. The summed E-state index contributed by atoms with van der Waals surface area (Å²) in [5.74, 6) is 1.21. The minimum absolute atomic E-state index is 0.379. The van der Waals surface area contributed by atoms with E-state index in [4.69, 9.17) is 4.74 Å². The van der Waals surface area contributed by atoms with Crippen molar-refractivity contribution in [2.24, 2.45) is 7.05 Å². The van der Waals surface area contributed by atoms with E-state index in [9.17, 15) is 4.39 Å². The Morgan fingerprint density at radius 1 is 1.06 bits per heavy atom. The van der Waals surface area contributed by atoms with Gasteiger partial charge in [0.15, 0.2) is 16.8 Å². The molecule has 0 atom stereocenters. The van der Waals surface area contributed by atoms with E-state index in [1.165, 1.54) is 24.2 Å². The first-order valence-corrected chi connectivity index (χ1v) is 10.9. The van der Waals surface area contributed by atoms with Gasteiger partial charge in [-0.1, -0.05) is 11.8 Å². The van der Waals surface area contributed by atoms with E-state index in [2.05, 4.69) is 30.2 Å². The van der Waals surface area contributed by atoms with Gasteiger partial charge in [-0.25, -0.2) is 29.3 Å². The maximum atomic E-state index is 14.5. The second-order valence-electron chi connectivity index (χ2n) is 7.15. The molecule has 0 aliphatic rings. The fourth-order valence-corrected chi connectivity index (χ4v) is 3.75. The number of nitrogens with one attached hydrogen (secondary N) is 1. The molecule has 0 aliphatic carbocycles. The molecule has 0 saturated heterocycles. The van der Waals surface area contributed by atoms with Crippen LogP contribution in [0.15, 0.2) is 54.3 Å². The number of anilines is 2. The van der Waals surface area contributed by atoms with Crippen LogP contribution in [0, 0.1) is 12.7 Å². The average molecular weight is 447 g/mol. The van der Waals surface area contributed by atoms with Gasteiger partial charge in [-0.05, 0) is 36.9 Å². The maximum Gasteiger partial charge on any atom is 0.188 e. The minimum atomic E-state index is -0.379. The number of ether oxygens (including phenoxy) is 1. The summed E-state index contributed by atoms with van der Waals surface area (Å²) >= 11 is 1.45. The van der Waals surface area contributed by atoms with Gasteiger partial charge < -0.3 is 14.6 Å². The fraction of sp³-hybridized carbons (Fsp3) is 0.136. The van der Waals surface area contributed by atoms with Gasteiger partial charge in [0, 0.05) is 24.9 Å². The van der Waals surface area contributed by atoms with E-state index in [1.54, 1.807) is 30.2 Å². The highest BCUT2D eigenvalue weighted by atomic mass is 32.2. The maximum absolute atomic E-state index is 14.5. The molecule has 3 heterocycles. The molecule has 1 N–H and O–H groups in total. The molecule has 160 valence electrons. The number of hydrogen-bond donors (Lipinski definition) is 1. The lowest BCUT2D eigenvalue weighted by Crippen LogP contribution is -2.00. The van der Waals surface area contributed by atoms with Crippen molar-refractivity contribution in [2.45, 2.75) is 12.1 Å². The molecule has 2 aromatic carbocycles. The zero-order chi connectivity index (χ0) is 22.2. The Balaban J connectivity index is 1.42. The molecule has 0 bridgehead atoms. The number of halogens is 1. The van der Waals surface area contributed by atoms with Crippen LogP contribution in [0.25, 0.3) is 22.1 Å². The Kier molecular flexibility index (Phi) is 5.06. The number of rotatable bonds is 5. The highest BCUT2D eigenvalue weighted by molar-refractivity contribution is 7.98. The Morgan fingerprint density at radius 3 is 2.75 bits per heavy atom. The molecule has 8 nitrogen and oxygen atoms in total. The molecule has 10 heteroatoms. The van der Waals surface area contributed by atoms with Crippen LogP contribution < -0.4 is 10.1 Å². The SMILES string of the molecule is CSc1ncc2ncnc(Nc3ccc(Oc4cc(F)c5c(c4)ncn5C)c(C)c3)c2n1. The number of nitrogens with zero attached hydrogens (tertiary/aromatic N) is 6. The summed E-state index contributed by atoms with van der Waals surface area (Å²) in [6, 6.07) is 8.70. The molecule has 0 spiro atoms. The highest BCUT2D eigenvalue weighted by Gasteiger charge is 2.12. The van der Waals surface area contributed by atoms with E-state index < -0.39 is 0 Å². The van der Waals surface area contributed by atoms with Crippen LogP contribution in [0.3, 0.4) is 0 Å². The van der Waals surface area contributed by atoms with Gasteiger partial charge in [0.05, 0.1) is 18.0 Å². The molecule has 0 aliphatic heterocycles. The molecular weight excluding hydrogens is 429 g/mol. The largest absolute Gasteiger partial charge is 0.457 e. The fourth-order valence-electron chi connectivity index (χ4n) is 3.41. The van der Waals surface area contributed by atoms with Crippen LogP contribution in [-0.4, -0.2) is 35.7 Å². The molecule has 0 unspecified atom stereocenters. The lowest BCUT2D eigenvalue weighted by molar-refractivity contribution is 0.474. The van der Waals surface area contributed by atoms with Crippen molar-refractivity contribution in [3.05, 3.63) is 60.6 Å². The third-order valence-corrected chi connectivity index (χ3v) is 5.50. The summed E-state index contributed by atoms with van der Waals surface area (Å²) in [6.45, 7) is 1.92. The van der Waals surface area contributed by atoms with Crippen molar-refractivity contribution < 1.29 is 9.13 Å². The van der Waals surface area contributed by atoms with E-state index in [-0.39, 0.29) is 5.82 Å². The van der Waals surface area contributed by atoms with Crippen LogP contribution in [-0.2, 0) is 7.05 Å². The number of benzene rings is 2. The van der Waals surface area contributed by atoms with E-state index in [0.717, 1.165) is 11.3 Å². The second-order valence-corrected chi connectivity index (χ2v) is 7.92. The van der Waals surface area contributed by atoms with Gasteiger partial charge in [0.1, 0.15) is 34.4 Å². The molecule has 0 fully saturated rings. The molecule has 0 saturated carbocycles. The first kappa shape index (κ1) is 20.1. The highest BCUT2D eigenvalue weighted by Crippen LogP contribution is 2.31. The molecule has 3 aromatic heterocycles. The van der Waals surface area contributed by atoms with Gasteiger partial charge in [0.25, 0.3) is 0 Å². The van der Waals surface area contributed by atoms with Crippen LogP contribution in [0.2, 0.25) is 0 Å². The third-order valence-electron chi connectivity index (χ3n) is 4.94. The van der Waals surface area contributed by atoms with E-state index in [1.807, 2.05) is 31.4 Å². The van der Waals surface area contributed by atoms with Crippen molar-refractivity contribution in [3.63, 3.8) is 0 Å². The molecular formula is C22H18FN7OS. The summed E-state index contributed by atoms with van der Waals surface area (Å²) < 4.78 is 22.0. The van der Waals surface area contributed by atoms with Gasteiger partial charge >= 0.3 is 0 Å². The van der Waals surface area contributed by atoms with Crippen molar-refractivity contribution >= 4 is 45.3 Å². The van der Waals surface area contributed by atoms with Crippen LogP contribution in [0.1, 0.15) is 5.56 Å². The smallest absolute Gasteiger partial charge is 0.188 e. The molecule has 32 heavy (non-hydrogen) atoms. The number of thioether (sulfide) groups is 1. The van der Waals surface area contributed by atoms with E-state index >= 15 is 0 Å². The molecule has 5 rings (SSSR count). The number of aromatic nitrogens is 6. The quantitative estimate of drug-likeness (QED) is 0.297. The monoisotopic (exact) mass is 447 g/mol. The van der Waals surface area contributed by atoms with Crippen molar-refractivity contribution in [3.8, 4) is 11.5 Å². The van der Waals surface area contributed by atoms with Crippen molar-refractivity contribution in [1.29, 1.82) is 0 Å². The summed E-state index contributed by atoms with van der Waals surface area (Å²) in [5.41, 5.74) is 3.97. The summed E-state index contributed by atoms with van der Waals surface area (Å²) in [7, 11) is 1.75. The lowest BCUT2D eigenvalue weighted by Gasteiger charge is -2.12. The van der Waals surface area contributed by atoms with Crippen molar-refractivity contribution in [2.75, 3.05) is 11.6 Å². The zero-order valence-corrected chi connectivity index (χ0v) is 18.3. The Morgan fingerprint density at radius 2 is 1.94 bits per heavy atom. The van der Waals surface area contributed by atoms with Crippen LogP contribution >= 0.6 is 11.8 Å². The van der Waals surface area contributed by atoms with E-state index in [0.29, 0.717) is 44.5 Å². The summed E-state index contributed by atoms with van der Waals surface area (Å²) in [5, 5.41) is 3.93. The Labute approximate surface area is 186 Å². The first-order chi connectivity index (χ1) is 15.5. The number of fused-ring (bicyclic) bond motifs is 2. The van der Waals surface area contributed by atoms with Gasteiger partial charge in [-0.15, -0.1) is 0 Å². The van der Waals surface area contributed by atoms with Crippen LogP contribution in [0.4, 0.5) is 15.9 Å². The van der Waals surface area contributed by atoms with Gasteiger partial charge in [0.2, 0.25) is 0 Å². The first-order valence-electron chi connectivity index (χ1n) is 9.69. The normalized spacial score (nSPS) is 11.2.